The molecule has 4 nitrogen and oxygen atoms in total. The van der Waals surface area contributed by atoms with Crippen LogP contribution in [-0.4, -0.2) is 17.9 Å². The zero-order valence-corrected chi connectivity index (χ0v) is 15.7. The molecule has 0 spiro atoms. The van der Waals surface area contributed by atoms with Gasteiger partial charge in [-0.15, -0.1) is 11.3 Å². The Hall–Kier alpha value is -1.18. The quantitative estimate of drug-likeness (QED) is 0.736. The third-order valence-corrected chi connectivity index (χ3v) is 6.17. The van der Waals surface area contributed by atoms with Gasteiger partial charge in [0.25, 0.3) is 5.91 Å². The third kappa shape index (κ3) is 4.66. The Balaban J connectivity index is 1.87. The van der Waals surface area contributed by atoms with Crippen LogP contribution in [0, 0.1) is 0 Å². The fraction of sp³-hybridized carbons (Fsp3) is 0.200. The van der Waals surface area contributed by atoms with Gasteiger partial charge in [0.1, 0.15) is 6.04 Å². The summed E-state index contributed by atoms with van der Waals surface area (Å²) in [5.41, 5.74) is 1.01. The molecule has 2 aromatic rings. The molecule has 0 saturated carbocycles. The van der Waals surface area contributed by atoms with Crippen LogP contribution in [0.25, 0.3) is 0 Å². The number of thiophene rings is 1. The van der Waals surface area contributed by atoms with E-state index in [9.17, 15) is 9.59 Å². The van der Waals surface area contributed by atoms with Crippen LogP contribution in [0.3, 0.4) is 0 Å². The van der Waals surface area contributed by atoms with Crippen molar-refractivity contribution in [3.63, 3.8) is 0 Å². The molecule has 1 aromatic carbocycles. The number of rotatable bonds is 5. The summed E-state index contributed by atoms with van der Waals surface area (Å²) >= 11 is 7.99. The van der Waals surface area contributed by atoms with Gasteiger partial charge in [0, 0.05) is 11.0 Å². The number of hydrogen-bond acceptors (Lipinski definition) is 3. The number of carbonyl (C=O) groups is 2. The number of nitrogens with one attached hydrogen (secondary N) is 2. The lowest BCUT2D eigenvalue weighted by Crippen LogP contribution is -2.44. The summed E-state index contributed by atoms with van der Waals surface area (Å²) in [6.45, 7) is 2.10. The van der Waals surface area contributed by atoms with E-state index >= 15 is 0 Å². The van der Waals surface area contributed by atoms with E-state index in [1.807, 2.05) is 30.3 Å². The van der Waals surface area contributed by atoms with Crippen LogP contribution in [0.2, 0.25) is 0 Å². The number of benzene rings is 1. The first-order chi connectivity index (χ1) is 10.5. The molecule has 1 heterocycles. The monoisotopic (exact) mass is 444 g/mol. The highest BCUT2D eigenvalue weighted by Gasteiger charge is 2.18. The smallest absolute Gasteiger partial charge is 0.262 e. The molecule has 1 atom stereocenters. The standard InChI is InChI=1S/C15H14Br2N2O2S/c1-9(14(20)18-8-10-5-3-2-4-6-10)19-15(21)12-7-11(16)13(17)22-12/h2-7,9H,8H2,1H3,(H,18,20)(H,19,21). The van der Waals surface area contributed by atoms with Crippen molar-refractivity contribution in [2.45, 2.75) is 19.5 Å². The molecule has 22 heavy (non-hydrogen) atoms. The van der Waals surface area contributed by atoms with Crippen molar-refractivity contribution in [2.24, 2.45) is 0 Å². The van der Waals surface area contributed by atoms with Crippen molar-refractivity contribution in [1.82, 2.24) is 10.6 Å². The van der Waals surface area contributed by atoms with E-state index in [1.165, 1.54) is 11.3 Å². The second kappa shape index (κ2) is 7.89. The first kappa shape index (κ1) is 17.2. The van der Waals surface area contributed by atoms with Gasteiger partial charge in [-0.25, -0.2) is 0 Å². The number of carbonyl (C=O) groups excluding carboxylic acids is 2. The Morgan fingerprint density at radius 2 is 1.91 bits per heavy atom. The van der Waals surface area contributed by atoms with Crippen LogP contribution in [0.4, 0.5) is 0 Å². The Morgan fingerprint density at radius 3 is 2.50 bits per heavy atom. The normalized spacial score (nSPS) is 11.8. The van der Waals surface area contributed by atoms with Crippen molar-refractivity contribution in [3.8, 4) is 0 Å². The Morgan fingerprint density at radius 1 is 1.23 bits per heavy atom. The fourth-order valence-electron chi connectivity index (χ4n) is 1.73. The molecule has 0 bridgehead atoms. The predicted octanol–water partition coefficient (Wildman–Crippen LogP) is 3.71. The van der Waals surface area contributed by atoms with Crippen LogP contribution >= 0.6 is 43.2 Å². The third-order valence-electron chi connectivity index (χ3n) is 2.92. The fourth-order valence-corrected chi connectivity index (χ4v) is 3.67. The lowest BCUT2D eigenvalue weighted by atomic mass is 10.2. The van der Waals surface area contributed by atoms with Gasteiger partial charge in [0.2, 0.25) is 5.91 Å². The van der Waals surface area contributed by atoms with E-state index in [4.69, 9.17) is 0 Å². The first-order valence-corrected chi connectivity index (χ1v) is 8.95. The van der Waals surface area contributed by atoms with E-state index in [1.54, 1.807) is 13.0 Å². The van der Waals surface area contributed by atoms with Crippen molar-refractivity contribution in [1.29, 1.82) is 0 Å². The van der Waals surface area contributed by atoms with Crippen molar-refractivity contribution in [2.75, 3.05) is 0 Å². The lowest BCUT2D eigenvalue weighted by Gasteiger charge is -2.13. The molecular weight excluding hydrogens is 432 g/mol. The largest absolute Gasteiger partial charge is 0.350 e. The van der Waals surface area contributed by atoms with E-state index in [0.29, 0.717) is 11.4 Å². The van der Waals surface area contributed by atoms with Crippen LogP contribution in [0.5, 0.6) is 0 Å². The minimum atomic E-state index is -0.601. The molecule has 0 aliphatic carbocycles. The molecule has 0 aliphatic rings. The molecule has 0 fully saturated rings. The molecule has 0 radical (unpaired) electrons. The van der Waals surface area contributed by atoms with Gasteiger partial charge in [-0.1, -0.05) is 30.3 Å². The minimum Gasteiger partial charge on any atom is -0.350 e. The molecule has 1 aromatic heterocycles. The SMILES string of the molecule is CC(NC(=O)c1cc(Br)c(Br)s1)C(=O)NCc1ccccc1. The molecular formula is C15H14Br2N2O2S. The molecule has 116 valence electrons. The van der Waals surface area contributed by atoms with E-state index in [0.717, 1.165) is 13.8 Å². The maximum Gasteiger partial charge on any atom is 0.262 e. The van der Waals surface area contributed by atoms with Crippen LogP contribution < -0.4 is 10.6 Å². The summed E-state index contributed by atoms with van der Waals surface area (Å²) in [6.07, 6.45) is 0. The molecule has 7 heteroatoms. The van der Waals surface area contributed by atoms with Crippen LogP contribution in [0.15, 0.2) is 44.7 Å². The Bertz CT molecular complexity index is 654. The molecule has 2 amide bonds. The van der Waals surface area contributed by atoms with Crippen molar-refractivity contribution < 1.29 is 9.59 Å². The van der Waals surface area contributed by atoms with Gasteiger partial charge < -0.3 is 10.6 Å². The average Bonchev–Trinajstić information content (AvgIpc) is 2.85. The summed E-state index contributed by atoms with van der Waals surface area (Å²) in [4.78, 5) is 24.6. The summed E-state index contributed by atoms with van der Waals surface area (Å²) in [5, 5.41) is 5.49. The van der Waals surface area contributed by atoms with Crippen molar-refractivity contribution in [3.05, 3.63) is 55.1 Å². The predicted molar refractivity (Wildman–Crippen MR) is 94.9 cm³/mol. The zero-order chi connectivity index (χ0) is 16.1. The van der Waals surface area contributed by atoms with E-state index in [-0.39, 0.29) is 11.8 Å². The van der Waals surface area contributed by atoms with Crippen LogP contribution in [0.1, 0.15) is 22.2 Å². The first-order valence-electron chi connectivity index (χ1n) is 6.54. The number of amides is 2. The van der Waals surface area contributed by atoms with Crippen LogP contribution in [-0.2, 0) is 11.3 Å². The summed E-state index contributed by atoms with van der Waals surface area (Å²) in [7, 11) is 0. The number of hydrogen-bond donors (Lipinski definition) is 2. The Labute approximate surface area is 149 Å². The van der Waals surface area contributed by atoms with E-state index in [2.05, 4.69) is 42.5 Å². The maximum absolute atomic E-state index is 12.1. The maximum atomic E-state index is 12.1. The molecule has 1 unspecified atom stereocenters. The summed E-state index contributed by atoms with van der Waals surface area (Å²) in [5.74, 6) is -0.481. The topological polar surface area (TPSA) is 58.2 Å². The lowest BCUT2D eigenvalue weighted by molar-refractivity contribution is -0.122. The number of halogens is 2. The second-order valence-electron chi connectivity index (χ2n) is 4.63. The second-order valence-corrected chi connectivity index (χ2v) is 7.86. The summed E-state index contributed by atoms with van der Waals surface area (Å²) < 4.78 is 1.67. The molecule has 2 rings (SSSR count). The van der Waals surface area contributed by atoms with Gasteiger partial charge in [-0.3, -0.25) is 9.59 Å². The van der Waals surface area contributed by atoms with E-state index < -0.39 is 6.04 Å². The molecule has 0 saturated heterocycles. The van der Waals surface area contributed by atoms with Gasteiger partial charge in [0.05, 0.1) is 8.66 Å². The highest BCUT2D eigenvalue weighted by Crippen LogP contribution is 2.32. The molecule has 0 aliphatic heterocycles. The van der Waals surface area contributed by atoms with Gasteiger partial charge in [-0.05, 0) is 50.4 Å². The minimum absolute atomic E-state index is 0.216. The summed E-state index contributed by atoms with van der Waals surface area (Å²) in [6, 6.07) is 10.7. The average molecular weight is 446 g/mol. The van der Waals surface area contributed by atoms with Gasteiger partial charge in [-0.2, -0.15) is 0 Å². The Kier molecular flexibility index (Phi) is 6.16. The zero-order valence-electron chi connectivity index (χ0n) is 11.7. The van der Waals surface area contributed by atoms with Crippen molar-refractivity contribution >= 4 is 55.0 Å². The van der Waals surface area contributed by atoms with Gasteiger partial charge >= 0.3 is 0 Å². The van der Waals surface area contributed by atoms with Gasteiger partial charge in [0.15, 0.2) is 0 Å². The molecule has 2 N–H and O–H groups in total. The highest BCUT2D eigenvalue weighted by atomic mass is 79.9. The highest BCUT2D eigenvalue weighted by molar-refractivity contribution is 9.13.